The Hall–Kier alpha value is -2.28. The maximum Gasteiger partial charge on any atom is 0.257 e. The molecule has 29 heavy (non-hydrogen) atoms. The molecule has 0 aromatic heterocycles. The number of benzene rings is 1. The molecular weight excluding hydrogens is 442 g/mol. The lowest BCUT2D eigenvalue weighted by atomic mass is 10.2. The molecule has 0 aliphatic rings. The molecule has 0 bridgehead atoms. The number of amides is 2. The molecule has 0 aliphatic heterocycles. The lowest BCUT2D eigenvalue weighted by Gasteiger charge is -2.10. The van der Waals surface area contributed by atoms with Crippen molar-refractivity contribution in [1.29, 1.82) is 0 Å². The third kappa shape index (κ3) is 10.2. The van der Waals surface area contributed by atoms with E-state index in [2.05, 4.69) is 23.8 Å². The minimum Gasteiger partial charge on any atom is -0.484 e. The van der Waals surface area contributed by atoms with E-state index in [1.54, 1.807) is 12.2 Å². The minimum absolute atomic E-state index is 0.0333. The van der Waals surface area contributed by atoms with Crippen molar-refractivity contribution in [3.05, 3.63) is 76.1 Å². The lowest BCUT2D eigenvalue weighted by Crippen LogP contribution is -2.32. The van der Waals surface area contributed by atoms with Gasteiger partial charge < -0.3 is 15.4 Å². The van der Waals surface area contributed by atoms with Gasteiger partial charge in [0.2, 0.25) is 5.91 Å². The molecule has 5 nitrogen and oxygen atoms in total. The van der Waals surface area contributed by atoms with Crippen LogP contribution >= 0.6 is 34.8 Å². The second-order valence-corrected chi connectivity index (χ2v) is 6.80. The van der Waals surface area contributed by atoms with E-state index in [-0.39, 0.29) is 42.8 Å². The van der Waals surface area contributed by atoms with E-state index < -0.39 is 11.7 Å². The van der Waals surface area contributed by atoms with Gasteiger partial charge in [-0.15, -0.1) is 0 Å². The van der Waals surface area contributed by atoms with E-state index in [9.17, 15) is 14.0 Å². The predicted molar refractivity (Wildman–Crippen MR) is 115 cm³/mol. The van der Waals surface area contributed by atoms with Crippen molar-refractivity contribution in [3.63, 3.8) is 0 Å². The second kappa shape index (κ2) is 13.0. The number of hydrogen-bond donors (Lipinski definition) is 2. The standard InChI is InChI=1S/C20H20Cl3FN2O3/c1-13(3-4-15(22)10-21)11-26-20(28)14(2)7-8-25-19(27)12-29-16-5-6-17(23)18(24)9-16/h3-6,9-10H,1-2,7-8,11-12H2,(H,25,27)(H,26,28)/b4-3-,15-10-. The highest BCUT2D eigenvalue weighted by Gasteiger charge is 2.09. The number of rotatable bonds is 11. The Morgan fingerprint density at radius 2 is 1.93 bits per heavy atom. The molecule has 0 aliphatic carbocycles. The molecule has 0 atom stereocenters. The normalized spacial score (nSPS) is 11.2. The summed E-state index contributed by atoms with van der Waals surface area (Å²) in [5.74, 6) is -1.23. The highest BCUT2D eigenvalue weighted by Crippen LogP contribution is 2.20. The van der Waals surface area contributed by atoms with Crippen LogP contribution in [0.4, 0.5) is 4.39 Å². The third-order valence-electron chi connectivity index (χ3n) is 3.39. The van der Waals surface area contributed by atoms with Crippen LogP contribution < -0.4 is 15.4 Å². The maximum absolute atomic E-state index is 13.3. The van der Waals surface area contributed by atoms with Crippen molar-refractivity contribution in [2.24, 2.45) is 0 Å². The molecule has 9 heteroatoms. The van der Waals surface area contributed by atoms with Gasteiger partial charge in [-0.05, 0) is 30.2 Å². The summed E-state index contributed by atoms with van der Waals surface area (Å²) >= 11 is 16.7. The summed E-state index contributed by atoms with van der Waals surface area (Å²) in [5, 5.41) is 5.54. The van der Waals surface area contributed by atoms with Crippen LogP contribution in [0, 0.1) is 5.82 Å². The molecule has 2 N–H and O–H groups in total. The zero-order valence-electron chi connectivity index (χ0n) is 15.4. The summed E-state index contributed by atoms with van der Waals surface area (Å²) in [4.78, 5) is 23.7. The number of nitrogens with one attached hydrogen (secondary N) is 2. The zero-order valence-corrected chi connectivity index (χ0v) is 17.7. The SMILES string of the molecule is C=C(/C=C\C(Cl)=C\Cl)CNC(=O)C(=C)CCNC(=O)COc1ccc(Cl)c(F)c1. The van der Waals surface area contributed by atoms with Crippen LogP contribution in [0.2, 0.25) is 5.02 Å². The van der Waals surface area contributed by atoms with Gasteiger partial charge in [-0.1, -0.05) is 54.0 Å². The number of halogens is 4. The molecule has 1 rings (SSSR count). The van der Waals surface area contributed by atoms with Crippen LogP contribution in [-0.2, 0) is 9.59 Å². The Bertz CT molecular complexity index is 838. The molecule has 0 fully saturated rings. The first-order valence-electron chi connectivity index (χ1n) is 8.35. The van der Waals surface area contributed by atoms with Crippen molar-refractivity contribution < 1.29 is 18.7 Å². The maximum atomic E-state index is 13.3. The number of carbonyl (C=O) groups excluding carboxylic acids is 2. The molecule has 0 saturated carbocycles. The molecule has 0 saturated heterocycles. The fourth-order valence-corrected chi connectivity index (χ4v) is 2.10. The van der Waals surface area contributed by atoms with E-state index >= 15 is 0 Å². The lowest BCUT2D eigenvalue weighted by molar-refractivity contribution is -0.123. The molecular formula is C20H20Cl3FN2O3. The zero-order chi connectivity index (χ0) is 21.8. The fourth-order valence-electron chi connectivity index (χ4n) is 1.84. The minimum atomic E-state index is -0.635. The quantitative estimate of drug-likeness (QED) is 0.377. The van der Waals surface area contributed by atoms with Gasteiger partial charge in [-0.2, -0.15) is 0 Å². The van der Waals surface area contributed by atoms with E-state index in [1.807, 2.05) is 0 Å². The fraction of sp³-hybridized carbons (Fsp3) is 0.200. The second-order valence-electron chi connectivity index (χ2n) is 5.74. The van der Waals surface area contributed by atoms with E-state index in [0.29, 0.717) is 16.2 Å². The molecule has 2 amide bonds. The van der Waals surface area contributed by atoms with Gasteiger partial charge >= 0.3 is 0 Å². The topological polar surface area (TPSA) is 67.4 Å². The Labute approximate surface area is 183 Å². The monoisotopic (exact) mass is 460 g/mol. The van der Waals surface area contributed by atoms with E-state index in [4.69, 9.17) is 39.5 Å². The number of carbonyl (C=O) groups is 2. The van der Waals surface area contributed by atoms with E-state index in [0.717, 1.165) is 6.07 Å². The summed E-state index contributed by atoms with van der Waals surface area (Å²) in [6.07, 6.45) is 3.42. The van der Waals surface area contributed by atoms with Gasteiger partial charge in [0, 0.05) is 30.3 Å². The summed E-state index contributed by atoms with van der Waals surface area (Å²) in [5.41, 5.74) is 2.12. The highest BCUT2D eigenvalue weighted by atomic mass is 35.5. The van der Waals surface area contributed by atoms with Crippen LogP contribution in [0.5, 0.6) is 5.75 Å². The van der Waals surface area contributed by atoms with E-state index in [1.165, 1.54) is 17.7 Å². The molecule has 0 radical (unpaired) electrons. The summed E-state index contributed by atoms with van der Waals surface area (Å²) in [7, 11) is 0. The summed E-state index contributed by atoms with van der Waals surface area (Å²) in [6.45, 7) is 7.56. The Balaban J connectivity index is 2.26. The van der Waals surface area contributed by atoms with Gasteiger partial charge in [0.25, 0.3) is 5.91 Å². The van der Waals surface area contributed by atoms with Crippen LogP contribution in [0.15, 0.2) is 65.2 Å². The predicted octanol–water partition coefficient (Wildman–Crippen LogP) is 4.47. The first kappa shape index (κ1) is 24.8. The largest absolute Gasteiger partial charge is 0.484 e. The summed E-state index contributed by atoms with van der Waals surface area (Å²) in [6, 6.07) is 3.87. The Kier molecular flexibility index (Phi) is 11.1. The van der Waals surface area contributed by atoms with Gasteiger partial charge in [0.15, 0.2) is 6.61 Å². The van der Waals surface area contributed by atoms with Crippen molar-refractivity contribution in [3.8, 4) is 5.75 Å². The van der Waals surface area contributed by atoms with Crippen molar-refractivity contribution >= 4 is 46.6 Å². The van der Waals surface area contributed by atoms with Crippen LogP contribution in [0.1, 0.15) is 6.42 Å². The van der Waals surface area contributed by atoms with Gasteiger partial charge in [-0.25, -0.2) is 4.39 Å². The van der Waals surface area contributed by atoms with Crippen LogP contribution in [0.25, 0.3) is 0 Å². The van der Waals surface area contributed by atoms with Gasteiger partial charge in [0.05, 0.1) is 10.1 Å². The smallest absolute Gasteiger partial charge is 0.257 e. The summed E-state index contributed by atoms with van der Waals surface area (Å²) < 4.78 is 18.5. The molecule has 156 valence electrons. The third-order valence-corrected chi connectivity index (χ3v) is 4.28. The van der Waals surface area contributed by atoms with Crippen LogP contribution in [-0.4, -0.2) is 31.5 Å². The number of hydrogen-bond acceptors (Lipinski definition) is 3. The molecule has 0 heterocycles. The van der Waals surface area contributed by atoms with Gasteiger partial charge in [0.1, 0.15) is 11.6 Å². The average molecular weight is 462 g/mol. The van der Waals surface area contributed by atoms with Crippen molar-refractivity contribution in [2.75, 3.05) is 19.7 Å². The molecule has 1 aromatic carbocycles. The Morgan fingerprint density at radius 1 is 1.21 bits per heavy atom. The molecule has 0 spiro atoms. The Morgan fingerprint density at radius 3 is 2.59 bits per heavy atom. The van der Waals surface area contributed by atoms with Gasteiger partial charge in [-0.3, -0.25) is 9.59 Å². The number of allylic oxidation sites excluding steroid dienone is 2. The number of ether oxygens (including phenoxy) is 1. The van der Waals surface area contributed by atoms with Crippen molar-refractivity contribution in [2.45, 2.75) is 6.42 Å². The first-order chi connectivity index (χ1) is 13.7. The first-order valence-corrected chi connectivity index (χ1v) is 9.54. The highest BCUT2D eigenvalue weighted by molar-refractivity contribution is 6.37. The average Bonchev–Trinajstić information content (AvgIpc) is 2.70. The molecule has 0 unspecified atom stereocenters. The van der Waals surface area contributed by atoms with Crippen molar-refractivity contribution in [1.82, 2.24) is 10.6 Å². The van der Waals surface area contributed by atoms with Crippen LogP contribution in [0.3, 0.4) is 0 Å². The molecule has 1 aromatic rings.